The predicted molar refractivity (Wildman–Crippen MR) is 63.7 cm³/mol. The van der Waals surface area contributed by atoms with Gasteiger partial charge < -0.3 is 4.52 Å². The molecule has 1 atom stereocenters. The fourth-order valence-corrected chi connectivity index (χ4v) is 2.02. The van der Waals surface area contributed by atoms with Gasteiger partial charge in [0.15, 0.2) is 5.76 Å². The minimum absolute atomic E-state index is 0.0258. The summed E-state index contributed by atoms with van der Waals surface area (Å²) in [5.41, 5.74) is 0.663. The van der Waals surface area contributed by atoms with Gasteiger partial charge in [-0.25, -0.2) is 4.79 Å². The zero-order chi connectivity index (χ0) is 14.2. The van der Waals surface area contributed by atoms with Crippen molar-refractivity contribution in [3.05, 3.63) is 17.5 Å². The lowest BCUT2D eigenvalue weighted by Gasteiger charge is -2.31. The topological polar surface area (TPSA) is 92.5 Å². The van der Waals surface area contributed by atoms with Crippen LogP contribution in [-0.4, -0.2) is 27.9 Å². The molecule has 0 aromatic carbocycles. The normalized spacial score (nSPS) is 20.1. The number of amides is 4. The molecular formula is C12H15N3O4. The van der Waals surface area contributed by atoms with Crippen molar-refractivity contribution < 1.29 is 18.9 Å². The molecule has 1 unspecified atom stereocenters. The van der Waals surface area contributed by atoms with Crippen LogP contribution in [-0.2, 0) is 16.1 Å². The van der Waals surface area contributed by atoms with E-state index in [0.29, 0.717) is 11.5 Å². The van der Waals surface area contributed by atoms with E-state index in [4.69, 9.17) is 4.52 Å². The van der Waals surface area contributed by atoms with Crippen molar-refractivity contribution >= 4 is 17.8 Å². The van der Waals surface area contributed by atoms with Crippen molar-refractivity contribution in [2.75, 3.05) is 0 Å². The summed E-state index contributed by atoms with van der Waals surface area (Å²) >= 11 is 0. The van der Waals surface area contributed by atoms with Gasteiger partial charge in [0.1, 0.15) is 5.92 Å². The van der Waals surface area contributed by atoms with Crippen molar-refractivity contribution in [1.82, 2.24) is 15.4 Å². The molecule has 1 saturated heterocycles. The molecule has 0 saturated carbocycles. The van der Waals surface area contributed by atoms with Crippen molar-refractivity contribution in [1.29, 1.82) is 0 Å². The Balaban J connectivity index is 2.21. The Bertz CT molecular complexity index is 535. The molecule has 0 bridgehead atoms. The average molecular weight is 265 g/mol. The first-order valence-electron chi connectivity index (χ1n) is 5.98. The number of nitrogens with one attached hydrogen (secondary N) is 1. The number of rotatable bonds is 3. The summed E-state index contributed by atoms with van der Waals surface area (Å²) < 4.78 is 4.98. The molecule has 102 valence electrons. The van der Waals surface area contributed by atoms with E-state index in [9.17, 15) is 14.4 Å². The van der Waals surface area contributed by atoms with Crippen LogP contribution < -0.4 is 5.32 Å². The Morgan fingerprint density at radius 1 is 1.42 bits per heavy atom. The lowest BCUT2D eigenvalue weighted by atomic mass is 9.92. The second kappa shape index (κ2) is 4.83. The van der Waals surface area contributed by atoms with E-state index in [-0.39, 0.29) is 12.5 Å². The molecule has 0 radical (unpaired) electrons. The van der Waals surface area contributed by atoms with E-state index in [1.807, 2.05) is 0 Å². The Morgan fingerprint density at radius 2 is 2.11 bits per heavy atom. The van der Waals surface area contributed by atoms with Crippen molar-refractivity contribution in [2.24, 2.45) is 11.8 Å². The lowest BCUT2D eigenvalue weighted by Crippen LogP contribution is -2.58. The number of nitrogens with zero attached hydrogens (tertiary/aromatic N) is 2. The minimum atomic E-state index is -0.846. The highest BCUT2D eigenvalue weighted by Crippen LogP contribution is 2.20. The zero-order valence-corrected chi connectivity index (χ0v) is 11.0. The van der Waals surface area contributed by atoms with Crippen molar-refractivity contribution in [3.63, 3.8) is 0 Å². The number of aromatic nitrogens is 1. The Morgan fingerprint density at radius 3 is 2.63 bits per heavy atom. The summed E-state index contributed by atoms with van der Waals surface area (Å²) in [6, 6.07) is 0.919. The molecule has 19 heavy (non-hydrogen) atoms. The molecule has 4 amide bonds. The van der Waals surface area contributed by atoms with Crippen molar-refractivity contribution in [2.45, 2.75) is 27.3 Å². The van der Waals surface area contributed by atoms with Gasteiger partial charge in [-0.1, -0.05) is 19.0 Å². The van der Waals surface area contributed by atoms with E-state index in [1.165, 1.54) is 0 Å². The smallest absolute Gasteiger partial charge is 0.331 e. The summed E-state index contributed by atoms with van der Waals surface area (Å²) in [6.07, 6.45) is 0. The number of hydrogen-bond acceptors (Lipinski definition) is 5. The number of barbiturate groups is 1. The maximum Gasteiger partial charge on any atom is 0.331 e. The molecule has 2 rings (SSSR count). The standard InChI is InChI=1S/C12H15N3O4/c1-6(2)9-10(16)13-12(18)15(11(9)17)5-8-4-7(3)14-19-8/h4,6,9H,5H2,1-3H3,(H,13,16,18). The highest BCUT2D eigenvalue weighted by Gasteiger charge is 2.42. The molecule has 7 heteroatoms. The number of aryl methyl sites for hydroxylation is 1. The first kappa shape index (κ1) is 13.3. The lowest BCUT2D eigenvalue weighted by molar-refractivity contribution is -0.145. The summed E-state index contributed by atoms with van der Waals surface area (Å²) in [7, 11) is 0. The molecule has 1 aliphatic heterocycles. The maximum atomic E-state index is 12.2. The second-order valence-corrected chi connectivity index (χ2v) is 4.88. The number of urea groups is 1. The average Bonchev–Trinajstić information content (AvgIpc) is 2.69. The minimum Gasteiger partial charge on any atom is -0.359 e. The van der Waals surface area contributed by atoms with Gasteiger partial charge in [0.25, 0.3) is 0 Å². The predicted octanol–water partition coefficient (Wildman–Crippen LogP) is 0.834. The molecular weight excluding hydrogens is 250 g/mol. The van der Waals surface area contributed by atoms with Crippen LogP contribution in [0.5, 0.6) is 0 Å². The molecule has 1 aliphatic rings. The number of carbonyl (C=O) groups excluding carboxylic acids is 3. The van der Waals surface area contributed by atoms with Gasteiger partial charge in [0.2, 0.25) is 11.8 Å². The molecule has 1 aromatic heterocycles. The third kappa shape index (κ3) is 2.49. The first-order valence-corrected chi connectivity index (χ1v) is 5.98. The van der Waals surface area contributed by atoms with Gasteiger partial charge in [-0.2, -0.15) is 0 Å². The fraction of sp³-hybridized carbons (Fsp3) is 0.500. The highest BCUT2D eigenvalue weighted by atomic mass is 16.5. The summed E-state index contributed by atoms with van der Waals surface area (Å²) in [4.78, 5) is 36.5. The summed E-state index contributed by atoms with van der Waals surface area (Å²) in [6.45, 7) is 5.23. The summed E-state index contributed by atoms with van der Waals surface area (Å²) in [5, 5.41) is 5.87. The van der Waals surface area contributed by atoms with Crippen molar-refractivity contribution in [3.8, 4) is 0 Å². The van der Waals surface area contributed by atoms with E-state index in [2.05, 4.69) is 10.5 Å². The number of imide groups is 2. The van der Waals surface area contributed by atoms with Gasteiger partial charge in [-0.3, -0.25) is 19.8 Å². The molecule has 0 spiro atoms. The Kier molecular flexibility index (Phi) is 3.37. The first-order chi connectivity index (χ1) is 8.90. The molecule has 2 heterocycles. The van der Waals surface area contributed by atoms with Crippen LogP contribution in [0, 0.1) is 18.8 Å². The van der Waals surface area contributed by atoms with Gasteiger partial charge >= 0.3 is 6.03 Å². The van der Waals surface area contributed by atoms with E-state index in [0.717, 1.165) is 4.90 Å². The van der Waals surface area contributed by atoms with Crippen LogP contribution in [0.3, 0.4) is 0 Å². The van der Waals surface area contributed by atoms with Crippen LogP contribution in [0.2, 0.25) is 0 Å². The van der Waals surface area contributed by atoms with Crippen LogP contribution in [0.4, 0.5) is 4.79 Å². The fourth-order valence-electron chi connectivity index (χ4n) is 2.02. The molecule has 1 N–H and O–H groups in total. The monoisotopic (exact) mass is 265 g/mol. The van der Waals surface area contributed by atoms with Gasteiger partial charge in [0, 0.05) is 6.07 Å². The third-order valence-corrected chi connectivity index (χ3v) is 2.95. The Hall–Kier alpha value is -2.18. The SMILES string of the molecule is Cc1cc(CN2C(=O)NC(=O)C(C(C)C)C2=O)on1. The number of hydrogen-bond donors (Lipinski definition) is 1. The summed E-state index contributed by atoms with van der Waals surface area (Å²) in [5.74, 6) is -1.67. The Labute approximate surface area is 109 Å². The van der Waals surface area contributed by atoms with E-state index in [1.54, 1.807) is 26.8 Å². The van der Waals surface area contributed by atoms with Gasteiger partial charge in [-0.05, 0) is 12.8 Å². The number of carbonyl (C=O) groups is 3. The van der Waals surface area contributed by atoms with Crippen LogP contribution in [0.25, 0.3) is 0 Å². The largest absolute Gasteiger partial charge is 0.359 e. The van der Waals surface area contributed by atoms with Gasteiger partial charge in [0.05, 0.1) is 12.2 Å². The highest BCUT2D eigenvalue weighted by molar-refractivity contribution is 6.16. The molecule has 0 aliphatic carbocycles. The second-order valence-electron chi connectivity index (χ2n) is 4.88. The van der Waals surface area contributed by atoms with Crippen LogP contribution in [0.1, 0.15) is 25.3 Å². The van der Waals surface area contributed by atoms with E-state index < -0.39 is 23.8 Å². The maximum absolute atomic E-state index is 12.2. The molecule has 7 nitrogen and oxygen atoms in total. The van der Waals surface area contributed by atoms with Crippen LogP contribution >= 0.6 is 0 Å². The molecule has 1 aromatic rings. The van der Waals surface area contributed by atoms with E-state index >= 15 is 0 Å². The quantitative estimate of drug-likeness (QED) is 0.817. The van der Waals surface area contributed by atoms with Gasteiger partial charge in [-0.15, -0.1) is 0 Å². The third-order valence-electron chi connectivity index (χ3n) is 2.95. The zero-order valence-electron chi connectivity index (χ0n) is 11.0. The van der Waals surface area contributed by atoms with Crippen LogP contribution in [0.15, 0.2) is 10.6 Å². The molecule has 1 fully saturated rings.